The highest BCUT2D eigenvalue weighted by Gasteiger charge is 2.21. The van der Waals surface area contributed by atoms with Gasteiger partial charge in [-0.1, -0.05) is 24.3 Å². The normalized spacial score (nSPS) is 11.0. The van der Waals surface area contributed by atoms with Crippen molar-refractivity contribution in [2.75, 3.05) is 7.11 Å². The molecule has 152 valence electrons. The Kier molecular flexibility index (Phi) is 6.27. The van der Waals surface area contributed by atoms with Crippen LogP contribution >= 0.6 is 0 Å². The fourth-order valence-corrected chi connectivity index (χ4v) is 3.17. The van der Waals surface area contributed by atoms with Gasteiger partial charge >= 0.3 is 5.97 Å². The third kappa shape index (κ3) is 4.80. The molecular formula is C24H27NO4. The minimum absolute atomic E-state index is 0.0980. The summed E-state index contributed by atoms with van der Waals surface area (Å²) in [7, 11) is 1.38. The van der Waals surface area contributed by atoms with Crippen LogP contribution in [-0.4, -0.2) is 30.3 Å². The summed E-state index contributed by atoms with van der Waals surface area (Å²) in [6.45, 7) is 7.96. The Labute approximate surface area is 171 Å². The van der Waals surface area contributed by atoms with Crippen molar-refractivity contribution >= 4 is 5.97 Å². The lowest BCUT2D eigenvalue weighted by Gasteiger charge is -2.12. The van der Waals surface area contributed by atoms with Crippen molar-refractivity contribution < 1.29 is 19.0 Å². The van der Waals surface area contributed by atoms with Crippen LogP contribution in [0, 0.1) is 0 Å². The number of H-pyrrole nitrogens is 1. The van der Waals surface area contributed by atoms with E-state index in [-0.39, 0.29) is 12.2 Å². The molecule has 0 atom stereocenters. The number of benzene rings is 2. The van der Waals surface area contributed by atoms with E-state index in [1.54, 1.807) is 0 Å². The Morgan fingerprint density at radius 1 is 0.793 bits per heavy atom. The van der Waals surface area contributed by atoms with Crippen LogP contribution in [0.5, 0.6) is 11.5 Å². The first kappa shape index (κ1) is 20.5. The standard InChI is InChI=1S/C24H27NO4/c1-15(2)28-19-10-6-17(7-11-19)21-14-25-23(24(26)27-5)22(21)18-8-12-20(13-9-18)29-16(3)4/h6-16,25H,1-5H3. The third-order valence-electron chi connectivity index (χ3n) is 4.32. The second-order valence-corrected chi connectivity index (χ2v) is 7.33. The van der Waals surface area contributed by atoms with Crippen molar-refractivity contribution in [2.24, 2.45) is 0 Å². The largest absolute Gasteiger partial charge is 0.491 e. The quantitative estimate of drug-likeness (QED) is 0.522. The zero-order valence-corrected chi connectivity index (χ0v) is 17.5. The van der Waals surface area contributed by atoms with Crippen LogP contribution in [0.4, 0.5) is 0 Å². The summed E-state index contributed by atoms with van der Waals surface area (Å²) in [5.74, 6) is 1.19. The molecular weight excluding hydrogens is 366 g/mol. The molecule has 2 aromatic carbocycles. The minimum atomic E-state index is -0.409. The molecule has 1 aromatic heterocycles. The molecule has 0 fully saturated rings. The number of hydrogen-bond acceptors (Lipinski definition) is 4. The van der Waals surface area contributed by atoms with Crippen LogP contribution in [0.15, 0.2) is 54.7 Å². The molecule has 0 unspecified atom stereocenters. The summed E-state index contributed by atoms with van der Waals surface area (Å²) in [5, 5.41) is 0. The van der Waals surface area contributed by atoms with Gasteiger partial charge in [-0.15, -0.1) is 0 Å². The number of aromatic nitrogens is 1. The molecule has 0 amide bonds. The van der Waals surface area contributed by atoms with Crippen molar-refractivity contribution in [3.05, 3.63) is 60.4 Å². The molecule has 0 saturated carbocycles. The molecule has 0 radical (unpaired) electrons. The summed E-state index contributed by atoms with van der Waals surface area (Å²) >= 11 is 0. The number of nitrogens with one attached hydrogen (secondary N) is 1. The number of carbonyl (C=O) groups excluding carboxylic acids is 1. The monoisotopic (exact) mass is 393 g/mol. The average Bonchev–Trinajstić information content (AvgIpc) is 3.12. The number of hydrogen-bond donors (Lipinski definition) is 1. The molecule has 3 rings (SSSR count). The first-order chi connectivity index (χ1) is 13.9. The fraction of sp³-hybridized carbons (Fsp3) is 0.292. The molecule has 5 nitrogen and oxygen atoms in total. The van der Waals surface area contributed by atoms with Gasteiger partial charge in [0.25, 0.3) is 0 Å². The number of carbonyl (C=O) groups is 1. The maximum atomic E-state index is 12.3. The number of esters is 1. The molecule has 0 aliphatic carbocycles. The van der Waals surface area contributed by atoms with Gasteiger partial charge < -0.3 is 19.2 Å². The predicted molar refractivity (Wildman–Crippen MR) is 115 cm³/mol. The van der Waals surface area contributed by atoms with E-state index in [1.165, 1.54) is 7.11 Å². The van der Waals surface area contributed by atoms with E-state index in [4.69, 9.17) is 14.2 Å². The molecule has 1 N–H and O–H groups in total. The first-order valence-corrected chi connectivity index (χ1v) is 9.73. The van der Waals surface area contributed by atoms with E-state index in [2.05, 4.69) is 4.98 Å². The van der Waals surface area contributed by atoms with Gasteiger partial charge in [0, 0.05) is 17.3 Å². The Balaban J connectivity index is 2.03. The van der Waals surface area contributed by atoms with Crippen LogP contribution in [0.25, 0.3) is 22.3 Å². The summed E-state index contributed by atoms with van der Waals surface area (Å²) < 4.78 is 16.4. The summed E-state index contributed by atoms with van der Waals surface area (Å²) in [6, 6.07) is 15.6. The lowest BCUT2D eigenvalue weighted by Crippen LogP contribution is -2.05. The number of methoxy groups -OCH3 is 1. The summed E-state index contributed by atoms with van der Waals surface area (Å²) in [6.07, 6.45) is 2.04. The van der Waals surface area contributed by atoms with Gasteiger partial charge in [0.1, 0.15) is 17.2 Å². The van der Waals surface area contributed by atoms with Gasteiger partial charge in [0.2, 0.25) is 0 Å². The van der Waals surface area contributed by atoms with E-state index < -0.39 is 5.97 Å². The van der Waals surface area contributed by atoms with Gasteiger partial charge in [-0.25, -0.2) is 4.79 Å². The van der Waals surface area contributed by atoms with E-state index in [9.17, 15) is 4.79 Å². The molecule has 0 aliphatic rings. The number of aromatic amines is 1. The summed E-state index contributed by atoms with van der Waals surface area (Å²) in [5.41, 5.74) is 4.01. The highest BCUT2D eigenvalue weighted by molar-refractivity contribution is 6.01. The predicted octanol–water partition coefficient (Wildman–Crippen LogP) is 5.71. The van der Waals surface area contributed by atoms with Crippen LogP contribution in [0.2, 0.25) is 0 Å². The van der Waals surface area contributed by atoms with Crippen molar-refractivity contribution in [2.45, 2.75) is 39.9 Å². The Hall–Kier alpha value is -3.21. The topological polar surface area (TPSA) is 60.6 Å². The van der Waals surface area contributed by atoms with Crippen LogP contribution in [0.3, 0.4) is 0 Å². The van der Waals surface area contributed by atoms with Gasteiger partial charge in [-0.3, -0.25) is 0 Å². The van der Waals surface area contributed by atoms with E-state index >= 15 is 0 Å². The molecule has 5 heteroatoms. The lowest BCUT2D eigenvalue weighted by atomic mass is 9.96. The smallest absolute Gasteiger partial charge is 0.355 e. The molecule has 0 aliphatic heterocycles. The SMILES string of the molecule is COC(=O)c1[nH]cc(-c2ccc(OC(C)C)cc2)c1-c1ccc(OC(C)C)cc1. The van der Waals surface area contributed by atoms with Crippen LogP contribution in [0.1, 0.15) is 38.2 Å². The zero-order chi connectivity index (χ0) is 21.0. The average molecular weight is 393 g/mol. The Morgan fingerprint density at radius 3 is 1.72 bits per heavy atom. The van der Waals surface area contributed by atoms with Crippen molar-refractivity contribution in [3.8, 4) is 33.8 Å². The molecule has 0 bridgehead atoms. The Bertz CT molecular complexity index is 954. The maximum Gasteiger partial charge on any atom is 0.355 e. The molecule has 29 heavy (non-hydrogen) atoms. The highest BCUT2D eigenvalue weighted by atomic mass is 16.5. The van der Waals surface area contributed by atoms with Crippen molar-refractivity contribution in [3.63, 3.8) is 0 Å². The first-order valence-electron chi connectivity index (χ1n) is 9.73. The van der Waals surface area contributed by atoms with E-state index in [1.807, 2.05) is 82.4 Å². The van der Waals surface area contributed by atoms with E-state index in [0.717, 1.165) is 33.8 Å². The van der Waals surface area contributed by atoms with Crippen molar-refractivity contribution in [1.82, 2.24) is 4.98 Å². The van der Waals surface area contributed by atoms with Crippen LogP contribution < -0.4 is 9.47 Å². The third-order valence-corrected chi connectivity index (χ3v) is 4.32. The van der Waals surface area contributed by atoms with Gasteiger partial charge in [-0.05, 0) is 63.1 Å². The van der Waals surface area contributed by atoms with Crippen LogP contribution in [-0.2, 0) is 4.74 Å². The lowest BCUT2D eigenvalue weighted by molar-refractivity contribution is 0.0595. The molecule has 0 spiro atoms. The zero-order valence-electron chi connectivity index (χ0n) is 17.5. The van der Waals surface area contributed by atoms with Gasteiger partial charge in [0.15, 0.2) is 0 Å². The molecule has 3 aromatic rings. The summed E-state index contributed by atoms with van der Waals surface area (Å²) in [4.78, 5) is 15.4. The maximum absolute atomic E-state index is 12.3. The highest BCUT2D eigenvalue weighted by Crippen LogP contribution is 2.37. The van der Waals surface area contributed by atoms with E-state index in [0.29, 0.717) is 5.69 Å². The number of ether oxygens (including phenoxy) is 3. The number of rotatable bonds is 7. The van der Waals surface area contributed by atoms with Gasteiger partial charge in [-0.2, -0.15) is 0 Å². The van der Waals surface area contributed by atoms with Crippen molar-refractivity contribution in [1.29, 1.82) is 0 Å². The second kappa shape index (κ2) is 8.86. The van der Waals surface area contributed by atoms with Gasteiger partial charge in [0.05, 0.1) is 19.3 Å². The second-order valence-electron chi connectivity index (χ2n) is 7.33. The fourth-order valence-electron chi connectivity index (χ4n) is 3.17. The molecule has 0 saturated heterocycles. The minimum Gasteiger partial charge on any atom is -0.491 e. The molecule has 1 heterocycles. The Morgan fingerprint density at radius 2 is 1.28 bits per heavy atom.